The zero-order valence-electron chi connectivity index (χ0n) is 10.9. The number of rotatable bonds is 3. The van der Waals surface area contributed by atoms with Crippen LogP contribution in [-0.2, 0) is 6.54 Å². The molecule has 6 heteroatoms. The van der Waals surface area contributed by atoms with Crippen molar-refractivity contribution in [1.29, 1.82) is 0 Å². The number of hydrogen-bond donors (Lipinski definition) is 3. The molecule has 1 amide bonds. The third-order valence-corrected chi connectivity index (χ3v) is 4.07. The van der Waals surface area contributed by atoms with Gasteiger partial charge in [0, 0.05) is 9.35 Å². The Balaban J connectivity index is 1.99. The van der Waals surface area contributed by atoms with Crippen LogP contribution in [-0.4, -0.2) is 22.7 Å². The van der Waals surface area contributed by atoms with E-state index in [2.05, 4.69) is 33.1 Å². The fourth-order valence-electron chi connectivity index (χ4n) is 1.63. The summed E-state index contributed by atoms with van der Waals surface area (Å²) in [7, 11) is 0. The number of amides is 1. The minimum absolute atomic E-state index is 0.0671. The molecule has 0 saturated heterocycles. The fourth-order valence-corrected chi connectivity index (χ4v) is 2.80. The topological polar surface area (TPSA) is 69.6 Å². The van der Waals surface area contributed by atoms with Crippen molar-refractivity contribution in [1.82, 2.24) is 5.32 Å². The van der Waals surface area contributed by atoms with Crippen LogP contribution in [0.25, 0.3) is 0 Å². The number of aromatic hydroxyl groups is 1. The lowest BCUT2D eigenvalue weighted by atomic mass is 10.2. The second-order valence-electron chi connectivity index (χ2n) is 4.07. The normalized spacial score (nSPS) is 9.81. The number of phenolic OH excluding ortho intramolecular Hbond substituents is 1. The number of phenols is 1. The Morgan fingerprint density at radius 2 is 2.14 bits per heavy atom. The first-order valence-corrected chi connectivity index (χ1v) is 7.66. The maximum absolute atomic E-state index is 12.0. The van der Waals surface area contributed by atoms with Gasteiger partial charge in [-0.1, -0.05) is 27.8 Å². The maximum Gasteiger partial charge on any atom is 0.255 e. The van der Waals surface area contributed by atoms with E-state index in [1.165, 1.54) is 17.4 Å². The van der Waals surface area contributed by atoms with Gasteiger partial charge in [0.2, 0.25) is 0 Å². The molecule has 4 nitrogen and oxygen atoms in total. The van der Waals surface area contributed by atoms with E-state index >= 15 is 0 Å². The summed E-state index contributed by atoms with van der Waals surface area (Å²) in [5.74, 6) is 4.98. The highest BCUT2D eigenvalue weighted by Gasteiger charge is 2.11. The zero-order valence-corrected chi connectivity index (χ0v) is 13.3. The number of carbonyl (C=O) groups excluding carboxylic acids is 1. The van der Waals surface area contributed by atoms with E-state index in [-0.39, 0.29) is 23.8 Å². The third kappa shape index (κ3) is 4.33. The molecule has 2 rings (SSSR count). The fraction of sp³-hybridized carbons (Fsp3) is 0.133. The van der Waals surface area contributed by atoms with Crippen LogP contribution in [0.5, 0.6) is 5.75 Å². The van der Waals surface area contributed by atoms with E-state index in [4.69, 9.17) is 5.11 Å². The molecule has 1 heterocycles. The molecule has 3 N–H and O–H groups in total. The van der Waals surface area contributed by atoms with Crippen molar-refractivity contribution < 1.29 is 15.0 Å². The van der Waals surface area contributed by atoms with E-state index in [1.807, 2.05) is 12.1 Å². The number of aliphatic hydroxyl groups excluding tert-OH is 1. The molecule has 1 aromatic heterocycles. The molecule has 21 heavy (non-hydrogen) atoms. The Morgan fingerprint density at radius 1 is 1.33 bits per heavy atom. The average Bonchev–Trinajstić information content (AvgIpc) is 2.90. The maximum atomic E-state index is 12.0. The number of benzene rings is 1. The van der Waals surface area contributed by atoms with Gasteiger partial charge in [0.05, 0.1) is 17.0 Å². The highest BCUT2D eigenvalue weighted by Crippen LogP contribution is 2.22. The van der Waals surface area contributed by atoms with Gasteiger partial charge in [0.15, 0.2) is 0 Å². The van der Waals surface area contributed by atoms with Gasteiger partial charge in [-0.25, -0.2) is 0 Å². The lowest BCUT2D eigenvalue weighted by Gasteiger charge is -2.06. The largest absolute Gasteiger partial charge is 0.507 e. The molecule has 0 saturated carbocycles. The first-order valence-electron chi connectivity index (χ1n) is 6.05. The van der Waals surface area contributed by atoms with Crippen molar-refractivity contribution in [3.05, 3.63) is 50.1 Å². The highest BCUT2D eigenvalue weighted by molar-refractivity contribution is 9.10. The minimum atomic E-state index is -0.337. The monoisotopic (exact) mass is 365 g/mol. The van der Waals surface area contributed by atoms with Crippen LogP contribution in [0, 0.1) is 11.8 Å². The molecule has 0 radical (unpaired) electrons. The van der Waals surface area contributed by atoms with Gasteiger partial charge in [0.1, 0.15) is 12.4 Å². The summed E-state index contributed by atoms with van der Waals surface area (Å²) in [5.41, 5.74) is 0.232. The van der Waals surface area contributed by atoms with Crippen LogP contribution < -0.4 is 5.32 Å². The van der Waals surface area contributed by atoms with Crippen LogP contribution >= 0.6 is 27.3 Å². The number of halogens is 1. The van der Waals surface area contributed by atoms with Crippen molar-refractivity contribution in [2.45, 2.75) is 6.54 Å². The molecule has 0 spiro atoms. The number of carbonyl (C=O) groups is 1. The van der Waals surface area contributed by atoms with Gasteiger partial charge >= 0.3 is 0 Å². The number of nitrogens with one attached hydrogen (secondary N) is 1. The average molecular weight is 366 g/mol. The first kappa shape index (κ1) is 15.6. The quantitative estimate of drug-likeness (QED) is 0.731. The Labute approximate surface area is 134 Å². The van der Waals surface area contributed by atoms with E-state index < -0.39 is 0 Å². The molecule has 0 aliphatic rings. The zero-order chi connectivity index (χ0) is 15.2. The van der Waals surface area contributed by atoms with Gasteiger partial charge in [-0.2, -0.15) is 0 Å². The standard InChI is InChI=1S/C15H12BrNO3S/c16-10-3-6-13(14(19)8-10)15(20)17-9-12-5-4-11(21-12)2-1-7-18/h3-6,8,18-19H,7,9H2,(H,17,20). The molecule has 0 atom stereocenters. The lowest BCUT2D eigenvalue weighted by Crippen LogP contribution is -2.22. The van der Waals surface area contributed by atoms with E-state index in [0.29, 0.717) is 11.0 Å². The molecule has 0 aliphatic carbocycles. The van der Waals surface area contributed by atoms with Crippen molar-refractivity contribution in [3.8, 4) is 17.6 Å². The predicted octanol–water partition coefficient (Wildman–Crippen LogP) is 2.49. The number of thiophene rings is 1. The molecular formula is C15H12BrNO3S. The van der Waals surface area contributed by atoms with Crippen molar-refractivity contribution in [2.24, 2.45) is 0 Å². The molecule has 0 bridgehead atoms. The van der Waals surface area contributed by atoms with Gasteiger partial charge in [-0.15, -0.1) is 11.3 Å². The van der Waals surface area contributed by atoms with Crippen molar-refractivity contribution in [2.75, 3.05) is 6.61 Å². The number of hydrogen-bond acceptors (Lipinski definition) is 4. The second kappa shape index (κ2) is 7.27. The van der Waals surface area contributed by atoms with Gasteiger partial charge in [-0.3, -0.25) is 4.79 Å². The van der Waals surface area contributed by atoms with Gasteiger partial charge in [0.25, 0.3) is 5.91 Å². The van der Waals surface area contributed by atoms with Crippen molar-refractivity contribution >= 4 is 33.2 Å². The van der Waals surface area contributed by atoms with Crippen LogP contribution in [0.15, 0.2) is 34.8 Å². The van der Waals surface area contributed by atoms with Crippen LogP contribution in [0.1, 0.15) is 20.1 Å². The van der Waals surface area contributed by atoms with E-state index in [1.54, 1.807) is 12.1 Å². The minimum Gasteiger partial charge on any atom is -0.507 e. The van der Waals surface area contributed by atoms with Gasteiger partial charge < -0.3 is 15.5 Å². The molecule has 108 valence electrons. The molecule has 0 unspecified atom stereocenters. The van der Waals surface area contributed by atoms with E-state index in [9.17, 15) is 9.90 Å². The van der Waals surface area contributed by atoms with Crippen LogP contribution in [0.4, 0.5) is 0 Å². The Bertz CT molecular complexity index is 715. The highest BCUT2D eigenvalue weighted by atomic mass is 79.9. The smallest absolute Gasteiger partial charge is 0.255 e. The number of aliphatic hydroxyl groups is 1. The Kier molecular flexibility index (Phi) is 5.39. The summed E-state index contributed by atoms with van der Waals surface area (Å²) >= 11 is 4.67. The summed E-state index contributed by atoms with van der Waals surface area (Å²) in [6.45, 7) is 0.187. The van der Waals surface area contributed by atoms with Crippen LogP contribution in [0.2, 0.25) is 0 Å². The summed E-state index contributed by atoms with van der Waals surface area (Å²) in [5, 5.41) is 21.1. The summed E-state index contributed by atoms with van der Waals surface area (Å²) in [6.07, 6.45) is 0. The summed E-state index contributed by atoms with van der Waals surface area (Å²) < 4.78 is 0.710. The van der Waals surface area contributed by atoms with Crippen LogP contribution in [0.3, 0.4) is 0 Å². The molecule has 2 aromatic rings. The molecular weight excluding hydrogens is 354 g/mol. The SMILES string of the molecule is O=C(NCc1ccc(C#CCO)s1)c1ccc(Br)cc1O. The third-order valence-electron chi connectivity index (χ3n) is 2.58. The molecule has 1 aromatic carbocycles. The van der Waals surface area contributed by atoms with E-state index in [0.717, 1.165) is 9.75 Å². The predicted molar refractivity (Wildman–Crippen MR) is 85.3 cm³/mol. The Morgan fingerprint density at radius 3 is 2.86 bits per heavy atom. The van der Waals surface area contributed by atoms with Gasteiger partial charge in [-0.05, 0) is 30.3 Å². The van der Waals surface area contributed by atoms with Crippen molar-refractivity contribution in [3.63, 3.8) is 0 Å². The lowest BCUT2D eigenvalue weighted by molar-refractivity contribution is 0.0948. The Hall–Kier alpha value is -1.81. The second-order valence-corrected chi connectivity index (χ2v) is 6.15. The first-order chi connectivity index (χ1) is 10.1. The molecule has 0 fully saturated rings. The summed E-state index contributed by atoms with van der Waals surface area (Å²) in [6, 6.07) is 8.44. The summed E-state index contributed by atoms with van der Waals surface area (Å²) in [4.78, 5) is 13.8. The molecule has 0 aliphatic heterocycles.